The molecule has 22 heavy (non-hydrogen) atoms. The Morgan fingerprint density at radius 2 is 2.32 bits per heavy atom. The molecule has 1 aromatic rings. The smallest absolute Gasteiger partial charge is 0.133 e. The Morgan fingerprint density at radius 1 is 1.59 bits per heavy atom. The summed E-state index contributed by atoms with van der Waals surface area (Å²) in [5.41, 5.74) is 7.98. The van der Waals surface area contributed by atoms with Gasteiger partial charge in [0.2, 0.25) is 0 Å². The van der Waals surface area contributed by atoms with Crippen LogP contribution in [0.3, 0.4) is 0 Å². The minimum atomic E-state index is 0.118. The molecule has 0 radical (unpaired) electrons. The van der Waals surface area contributed by atoms with Crippen LogP contribution in [0.15, 0.2) is 31.0 Å². The number of H-pyrrole nitrogens is 1. The Hall–Kier alpha value is -1.97. The lowest BCUT2D eigenvalue weighted by Crippen LogP contribution is -2.32. The number of rotatable bonds is 9. The number of hydrogen-bond acceptors (Lipinski definition) is 3. The van der Waals surface area contributed by atoms with E-state index >= 15 is 0 Å². The van der Waals surface area contributed by atoms with Crippen molar-refractivity contribution in [3.8, 4) is 0 Å². The van der Waals surface area contributed by atoms with Crippen LogP contribution < -0.4 is 11.1 Å². The highest BCUT2D eigenvalue weighted by atomic mass is 16.1. The van der Waals surface area contributed by atoms with E-state index in [0.717, 1.165) is 43.5 Å². The molecule has 1 fully saturated rings. The largest absolute Gasteiger partial charge is 0.385 e. The lowest BCUT2D eigenvalue weighted by atomic mass is 9.82. The molecule has 0 bridgehead atoms. The highest BCUT2D eigenvalue weighted by Crippen LogP contribution is 2.53. The lowest BCUT2D eigenvalue weighted by Gasteiger charge is -2.26. The average Bonchev–Trinajstić information content (AvgIpc) is 3.15. The van der Waals surface area contributed by atoms with E-state index in [1.165, 1.54) is 0 Å². The van der Waals surface area contributed by atoms with Crippen LogP contribution in [0.4, 0.5) is 5.82 Å². The van der Waals surface area contributed by atoms with Crippen molar-refractivity contribution in [2.24, 2.45) is 11.3 Å². The highest BCUT2D eigenvalue weighted by Gasteiger charge is 2.50. The summed E-state index contributed by atoms with van der Waals surface area (Å²) in [5, 5.41) is 3.50. The Labute approximate surface area is 132 Å². The second-order valence-electron chi connectivity index (χ2n) is 6.29. The molecule has 0 saturated heterocycles. The first-order valence-electron chi connectivity index (χ1n) is 8.04. The van der Waals surface area contributed by atoms with Crippen molar-refractivity contribution >= 4 is 17.3 Å². The molecule has 120 valence electrons. The van der Waals surface area contributed by atoms with Crippen LogP contribution >= 0.6 is 0 Å². The van der Waals surface area contributed by atoms with Crippen LogP contribution in [0.5, 0.6) is 0 Å². The van der Waals surface area contributed by atoms with Crippen molar-refractivity contribution in [2.75, 3.05) is 12.3 Å². The average molecular weight is 301 g/mol. The zero-order valence-corrected chi connectivity index (χ0v) is 13.6. The van der Waals surface area contributed by atoms with Gasteiger partial charge in [0.05, 0.1) is 0 Å². The third-order valence-electron chi connectivity index (χ3n) is 4.68. The number of hydrogen-bond donors (Lipinski definition) is 3. The van der Waals surface area contributed by atoms with Crippen molar-refractivity contribution in [2.45, 2.75) is 39.5 Å². The van der Waals surface area contributed by atoms with Crippen molar-refractivity contribution in [3.63, 3.8) is 0 Å². The molecule has 1 saturated carbocycles. The molecule has 4 N–H and O–H groups in total. The second-order valence-corrected chi connectivity index (χ2v) is 6.29. The predicted octanol–water partition coefficient (Wildman–Crippen LogP) is 3.50. The van der Waals surface area contributed by atoms with E-state index in [-0.39, 0.29) is 11.3 Å². The second kappa shape index (κ2) is 6.86. The molecular formula is C18H27N3O. The van der Waals surface area contributed by atoms with Crippen LogP contribution in [0, 0.1) is 11.3 Å². The van der Waals surface area contributed by atoms with E-state index < -0.39 is 0 Å². The zero-order valence-electron chi connectivity index (χ0n) is 13.6. The zero-order chi connectivity index (χ0) is 16.2. The van der Waals surface area contributed by atoms with Gasteiger partial charge in [-0.3, -0.25) is 4.79 Å². The van der Waals surface area contributed by atoms with Gasteiger partial charge in [0.25, 0.3) is 0 Å². The van der Waals surface area contributed by atoms with E-state index in [1.807, 2.05) is 18.3 Å². The SMILES string of the molecule is C=C/C=C(/NCC1([C@H](CCC)C(C)=O)CC1)c1cc[nH]c1N. The summed E-state index contributed by atoms with van der Waals surface area (Å²) < 4.78 is 0. The van der Waals surface area contributed by atoms with Crippen molar-refractivity contribution < 1.29 is 4.79 Å². The summed E-state index contributed by atoms with van der Waals surface area (Å²) >= 11 is 0. The fourth-order valence-electron chi connectivity index (χ4n) is 3.29. The van der Waals surface area contributed by atoms with Gasteiger partial charge in [0.1, 0.15) is 11.6 Å². The summed E-state index contributed by atoms with van der Waals surface area (Å²) in [7, 11) is 0. The minimum absolute atomic E-state index is 0.118. The number of allylic oxidation sites excluding steroid dienone is 2. The van der Waals surface area contributed by atoms with E-state index in [4.69, 9.17) is 5.73 Å². The summed E-state index contributed by atoms with van der Waals surface area (Å²) in [5.74, 6) is 1.12. The summed E-state index contributed by atoms with van der Waals surface area (Å²) in [6.45, 7) is 8.45. The van der Waals surface area contributed by atoms with Gasteiger partial charge in [-0.15, -0.1) is 0 Å². The highest BCUT2D eigenvalue weighted by molar-refractivity contribution is 5.80. The van der Waals surface area contributed by atoms with Gasteiger partial charge in [-0.1, -0.05) is 26.0 Å². The molecule has 1 heterocycles. The molecule has 1 aliphatic rings. The number of nitrogens with two attached hydrogens (primary N) is 1. The first-order chi connectivity index (χ1) is 10.5. The van der Waals surface area contributed by atoms with Crippen molar-refractivity contribution in [1.82, 2.24) is 10.3 Å². The van der Waals surface area contributed by atoms with E-state index in [2.05, 4.69) is 23.8 Å². The Morgan fingerprint density at radius 3 is 2.77 bits per heavy atom. The lowest BCUT2D eigenvalue weighted by molar-refractivity contribution is -0.123. The van der Waals surface area contributed by atoms with Crippen LogP contribution in [-0.2, 0) is 4.79 Å². The molecule has 2 rings (SSSR count). The standard InChI is InChI=1S/C18H27N3O/c1-4-6-15(13(3)22)18(9-10-18)12-21-16(7-5-2)14-8-11-20-17(14)19/h5,7-8,11,15,20-21H,2,4,6,9-10,12,19H2,1,3H3/b16-7+/t15-/m1/s1. The summed E-state index contributed by atoms with van der Waals surface area (Å²) in [6.07, 6.45) is 9.77. The molecule has 4 nitrogen and oxygen atoms in total. The van der Waals surface area contributed by atoms with Crippen LogP contribution in [0.1, 0.15) is 45.1 Å². The topological polar surface area (TPSA) is 70.9 Å². The van der Waals surface area contributed by atoms with Gasteiger partial charge in [-0.05, 0) is 43.7 Å². The molecule has 4 heteroatoms. The maximum atomic E-state index is 12.0. The van der Waals surface area contributed by atoms with Crippen LogP contribution in [0.25, 0.3) is 5.70 Å². The maximum Gasteiger partial charge on any atom is 0.133 e. The van der Waals surface area contributed by atoms with Gasteiger partial charge in [-0.2, -0.15) is 0 Å². The quantitative estimate of drug-likeness (QED) is 0.611. The molecule has 0 aliphatic heterocycles. The van der Waals surface area contributed by atoms with Gasteiger partial charge in [-0.25, -0.2) is 0 Å². The van der Waals surface area contributed by atoms with Gasteiger partial charge in [0.15, 0.2) is 0 Å². The number of Topliss-reactive ketones (excluding diaryl/α,β-unsaturated/α-hetero) is 1. The van der Waals surface area contributed by atoms with Crippen LogP contribution in [-0.4, -0.2) is 17.3 Å². The number of carbonyl (C=O) groups is 1. The molecule has 0 unspecified atom stereocenters. The number of carbonyl (C=O) groups excluding carboxylic acids is 1. The monoisotopic (exact) mass is 301 g/mol. The normalized spacial score (nSPS) is 17.8. The fraction of sp³-hybridized carbons (Fsp3) is 0.500. The molecule has 0 spiro atoms. The first kappa shape index (κ1) is 16.4. The molecular weight excluding hydrogens is 274 g/mol. The maximum absolute atomic E-state index is 12.0. The number of nitrogens with one attached hydrogen (secondary N) is 2. The van der Waals surface area contributed by atoms with E-state index in [9.17, 15) is 4.79 Å². The van der Waals surface area contributed by atoms with Crippen molar-refractivity contribution in [3.05, 3.63) is 36.6 Å². The van der Waals surface area contributed by atoms with E-state index in [1.54, 1.807) is 13.0 Å². The number of aromatic amines is 1. The summed E-state index contributed by atoms with van der Waals surface area (Å²) in [6, 6.07) is 1.95. The molecule has 0 aromatic carbocycles. The fourth-order valence-corrected chi connectivity index (χ4v) is 3.29. The Kier molecular flexibility index (Phi) is 5.11. The number of nitrogen functional groups attached to an aromatic ring is 1. The number of ketones is 1. The predicted molar refractivity (Wildman–Crippen MR) is 92.1 cm³/mol. The number of aromatic nitrogens is 1. The molecule has 0 amide bonds. The third kappa shape index (κ3) is 3.43. The third-order valence-corrected chi connectivity index (χ3v) is 4.68. The summed E-state index contributed by atoms with van der Waals surface area (Å²) in [4.78, 5) is 15.0. The minimum Gasteiger partial charge on any atom is -0.385 e. The van der Waals surface area contributed by atoms with Gasteiger partial charge >= 0.3 is 0 Å². The molecule has 1 aromatic heterocycles. The van der Waals surface area contributed by atoms with Gasteiger partial charge in [0, 0.05) is 29.9 Å². The van der Waals surface area contributed by atoms with Gasteiger partial charge < -0.3 is 16.0 Å². The van der Waals surface area contributed by atoms with Crippen molar-refractivity contribution in [1.29, 1.82) is 0 Å². The number of anilines is 1. The van der Waals surface area contributed by atoms with Crippen LogP contribution in [0.2, 0.25) is 0 Å². The molecule has 1 atom stereocenters. The Balaban J connectivity index is 2.10. The molecule has 1 aliphatic carbocycles. The Bertz CT molecular complexity index is 567. The first-order valence-corrected chi connectivity index (χ1v) is 8.04. The van der Waals surface area contributed by atoms with E-state index in [0.29, 0.717) is 11.6 Å².